The molecule has 4 amide bonds. The van der Waals surface area contributed by atoms with E-state index in [0.29, 0.717) is 10.7 Å². The van der Waals surface area contributed by atoms with E-state index in [0.717, 1.165) is 11.3 Å². The first-order chi connectivity index (χ1) is 16.8. The first kappa shape index (κ1) is 22.8. The summed E-state index contributed by atoms with van der Waals surface area (Å²) in [4.78, 5) is 63.6. The average molecular weight is 494 g/mol. The fourth-order valence-corrected chi connectivity index (χ4v) is 5.11. The molecule has 1 heterocycles. The molecule has 2 N–H and O–H groups in total. The molecule has 0 unspecified atom stereocenters. The van der Waals surface area contributed by atoms with Gasteiger partial charge in [0.25, 0.3) is 11.8 Å². The van der Waals surface area contributed by atoms with E-state index in [9.17, 15) is 24.0 Å². The minimum Gasteiger partial charge on any atom is -0.452 e. The molecule has 0 aromatic heterocycles. The lowest BCUT2D eigenvalue weighted by Crippen LogP contribution is -2.43. The number of amides is 4. The number of imide groups is 1. The predicted molar refractivity (Wildman–Crippen MR) is 124 cm³/mol. The van der Waals surface area contributed by atoms with Gasteiger partial charge in [-0.2, -0.15) is 0 Å². The third kappa shape index (κ3) is 4.19. The fourth-order valence-electron chi connectivity index (χ4n) is 4.98. The molecular weight excluding hydrogens is 474 g/mol. The van der Waals surface area contributed by atoms with Crippen molar-refractivity contribution in [2.75, 3.05) is 11.5 Å². The van der Waals surface area contributed by atoms with Crippen molar-refractivity contribution in [2.45, 2.75) is 6.42 Å². The van der Waals surface area contributed by atoms with E-state index in [-0.39, 0.29) is 46.6 Å². The quantitative estimate of drug-likeness (QED) is 0.285. The van der Waals surface area contributed by atoms with Gasteiger partial charge in [-0.15, -0.1) is 0 Å². The first-order valence-corrected chi connectivity index (χ1v) is 11.4. The maximum Gasteiger partial charge on any atom is 0.338 e. The van der Waals surface area contributed by atoms with Crippen molar-refractivity contribution in [3.63, 3.8) is 0 Å². The van der Waals surface area contributed by atoms with Crippen LogP contribution in [0.4, 0.5) is 5.69 Å². The summed E-state index contributed by atoms with van der Waals surface area (Å²) in [5.41, 5.74) is 5.02. The van der Waals surface area contributed by atoms with Gasteiger partial charge in [0, 0.05) is 10.6 Å². The third-order valence-corrected chi connectivity index (χ3v) is 6.82. The van der Waals surface area contributed by atoms with Crippen LogP contribution in [0.5, 0.6) is 0 Å². The molecule has 5 rings (SSSR count). The molecule has 178 valence electrons. The number of hydrogen-bond donors (Lipinski definition) is 2. The lowest BCUT2D eigenvalue weighted by atomic mass is 9.85. The Morgan fingerprint density at radius 3 is 2.23 bits per heavy atom. The van der Waals surface area contributed by atoms with Crippen LogP contribution in [0.3, 0.4) is 0 Å². The molecule has 2 aromatic rings. The van der Waals surface area contributed by atoms with Crippen molar-refractivity contribution >= 4 is 46.9 Å². The summed E-state index contributed by atoms with van der Waals surface area (Å²) >= 11 is 5.77. The minimum atomic E-state index is -0.813. The summed E-state index contributed by atoms with van der Waals surface area (Å²) in [6.07, 6.45) is 4.85. The van der Waals surface area contributed by atoms with Gasteiger partial charge in [0.1, 0.15) is 0 Å². The Labute approximate surface area is 205 Å². The monoisotopic (exact) mass is 493 g/mol. The Balaban J connectivity index is 1.17. The number of rotatable bonds is 5. The number of fused-ring (bicyclic) bond motifs is 5. The number of anilines is 1. The zero-order valence-corrected chi connectivity index (χ0v) is 19.0. The molecule has 0 spiro atoms. The Hall–Kier alpha value is -3.98. The number of carbonyl (C=O) groups excluding carboxylic acids is 5. The lowest BCUT2D eigenvalue weighted by Gasteiger charge is -2.18. The number of hydrazine groups is 1. The van der Waals surface area contributed by atoms with Gasteiger partial charge < -0.3 is 4.74 Å². The molecule has 4 atom stereocenters. The van der Waals surface area contributed by atoms with E-state index in [1.54, 1.807) is 12.1 Å². The van der Waals surface area contributed by atoms with Crippen LogP contribution in [0.25, 0.3) is 0 Å². The van der Waals surface area contributed by atoms with Gasteiger partial charge in [0.15, 0.2) is 6.61 Å². The summed E-state index contributed by atoms with van der Waals surface area (Å²) < 4.78 is 5.02. The van der Waals surface area contributed by atoms with E-state index in [1.807, 2.05) is 12.2 Å². The number of nitrogens with one attached hydrogen (secondary N) is 2. The predicted octanol–water partition coefficient (Wildman–Crippen LogP) is 2.27. The van der Waals surface area contributed by atoms with E-state index in [4.69, 9.17) is 16.3 Å². The molecule has 2 aromatic carbocycles. The molecule has 9 nitrogen and oxygen atoms in total. The highest BCUT2D eigenvalue weighted by molar-refractivity contribution is 6.30. The molecule has 0 radical (unpaired) electrons. The summed E-state index contributed by atoms with van der Waals surface area (Å²) in [5.74, 6) is -3.17. The van der Waals surface area contributed by atoms with Crippen LogP contribution in [0, 0.1) is 23.7 Å². The third-order valence-electron chi connectivity index (χ3n) is 6.57. The normalized spacial score (nSPS) is 23.9. The minimum absolute atomic E-state index is 0.0818. The van der Waals surface area contributed by atoms with Crippen LogP contribution in [-0.4, -0.2) is 36.2 Å². The second-order valence-electron chi connectivity index (χ2n) is 8.65. The summed E-state index contributed by atoms with van der Waals surface area (Å²) in [6, 6.07) is 12.0. The lowest BCUT2D eigenvalue weighted by molar-refractivity contribution is -0.125. The molecule has 1 saturated carbocycles. The molecular formula is C25H20ClN3O6. The number of allylic oxidation sites excluding steroid dienone is 2. The number of halogens is 1. The molecule has 10 heteroatoms. The summed E-state index contributed by atoms with van der Waals surface area (Å²) in [5, 5.41) is 0.465. The number of benzene rings is 2. The summed E-state index contributed by atoms with van der Waals surface area (Å²) in [7, 11) is 0. The molecule has 35 heavy (non-hydrogen) atoms. The molecule has 2 fully saturated rings. The summed E-state index contributed by atoms with van der Waals surface area (Å²) in [6.45, 7) is -0.648. The van der Waals surface area contributed by atoms with Crippen LogP contribution >= 0.6 is 11.6 Å². The highest BCUT2D eigenvalue weighted by atomic mass is 35.5. The van der Waals surface area contributed by atoms with Crippen LogP contribution in [0.15, 0.2) is 60.7 Å². The van der Waals surface area contributed by atoms with Gasteiger partial charge in [-0.3, -0.25) is 30.0 Å². The SMILES string of the molecule is O=C(COC(=O)c1cccc(N2C(=O)[C@H]3[C@H](C2=O)[C@H]2C=C[C@H]3C2)c1)NNC(=O)c1ccc(Cl)cc1. The average Bonchev–Trinajstić information content (AvgIpc) is 3.55. The van der Waals surface area contributed by atoms with Gasteiger partial charge in [0.05, 0.1) is 23.1 Å². The van der Waals surface area contributed by atoms with Crippen molar-refractivity contribution in [2.24, 2.45) is 23.7 Å². The zero-order chi connectivity index (χ0) is 24.7. The smallest absolute Gasteiger partial charge is 0.338 e. The van der Waals surface area contributed by atoms with Gasteiger partial charge >= 0.3 is 5.97 Å². The number of nitrogens with zero attached hydrogens (tertiary/aromatic N) is 1. The van der Waals surface area contributed by atoms with Crippen molar-refractivity contribution in [1.29, 1.82) is 0 Å². The molecule has 3 aliphatic rings. The topological polar surface area (TPSA) is 122 Å². The van der Waals surface area contributed by atoms with Gasteiger partial charge in [-0.05, 0) is 60.7 Å². The van der Waals surface area contributed by atoms with Crippen LogP contribution in [0.2, 0.25) is 5.02 Å². The standard InChI is InChI=1S/C25H20ClN3O6/c26-17-8-6-13(7-9-17)22(31)28-27-19(30)12-35-25(34)16-2-1-3-18(11-16)29-23(32)20-14-4-5-15(10-14)21(20)24(29)33/h1-9,11,14-15,20-21H,10,12H2,(H,27,30)(H,28,31)/t14-,15-,20+,21+/m0/s1. The van der Waals surface area contributed by atoms with Crippen LogP contribution in [-0.2, 0) is 19.1 Å². The van der Waals surface area contributed by atoms with Gasteiger partial charge in [-0.25, -0.2) is 9.69 Å². The first-order valence-electron chi connectivity index (χ1n) is 11.0. The zero-order valence-electron chi connectivity index (χ0n) is 18.3. The maximum atomic E-state index is 13.0. The number of esters is 1. The van der Waals surface area contributed by atoms with Gasteiger partial charge in [0.2, 0.25) is 11.8 Å². The van der Waals surface area contributed by atoms with Gasteiger partial charge in [-0.1, -0.05) is 29.8 Å². The maximum absolute atomic E-state index is 13.0. The Morgan fingerprint density at radius 2 is 1.57 bits per heavy atom. The molecule has 1 saturated heterocycles. The van der Waals surface area contributed by atoms with Crippen LogP contribution < -0.4 is 15.8 Å². The van der Waals surface area contributed by atoms with Crippen molar-refractivity contribution in [1.82, 2.24) is 10.9 Å². The Bertz CT molecular complexity index is 1240. The van der Waals surface area contributed by atoms with E-state index >= 15 is 0 Å². The number of hydrogen-bond acceptors (Lipinski definition) is 6. The second-order valence-corrected chi connectivity index (χ2v) is 9.08. The van der Waals surface area contributed by atoms with Crippen LogP contribution in [0.1, 0.15) is 27.1 Å². The largest absolute Gasteiger partial charge is 0.452 e. The van der Waals surface area contributed by atoms with E-state index in [1.165, 1.54) is 36.4 Å². The Morgan fingerprint density at radius 1 is 0.914 bits per heavy atom. The second kappa shape index (κ2) is 8.99. The van der Waals surface area contributed by atoms with Crippen molar-refractivity contribution in [3.05, 3.63) is 76.8 Å². The van der Waals surface area contributed by atoms with E-state index in [2.05, 4.69) is 10.9 Å². The number of ether oxygens (including phenoxy) is 1. The molecule has 2 aliphatic carbocycles. The van der Waals surface area contributed by atoms with Crippen molar-refractivity contribution in [3.8, 4) is 0 Å². The molecule has 1 aliphatic heterocycles. The highest BCUT2D eigenvalue weighted by Crippen LogP contribution is 2.53. The van der Waals surface area contributed by atoms with Crippen molar-refractivity contribution < 1.29 is 28.7 Å². The van der Waals surface area contributed by atoms with E-state index < -0.39 is 24.4 Å². The fraction of sp³-hybridized carbons (Fsp3) is 0.240. The number of carbonyl (C=O) groups is 5. The molecule has 2 bridgehead atoms. The highest BCUT2D eigenvalue weighted by Gasteiger charge is 2.59. The Kier molecular flexibility index (Phi) is 5.86.